The van der Waals surface area contributed by atoms with E-state index in [1.807, 2.05) is 13.8 Å². The van der Waals surface area contributed by atoms with Crippen LogP contribution < -0.4 is 10.6 Å². The number of nitrogens with one attached hydrogen (secondary N) is 2. The van der Waals surface area contributed by atoms with Crippen LogP contribution in [0.4, 0.5) is 0 Å². The predicted molar refractivity (Wildman–Crippen MR) is 106 cm³/mol. The zero-order chi connectivity index (χ0) is 20.4. The van der Waals surface area contributed by atoms with Gasteiger partial charge in [-0.05, 0) is 48.9 Å². The Labute approximate surface area is 166 Å². The fourth-order valence-electron chi connectivity index (χ4n) is 2.32. The van der Waals surface area contributed by atoms with Gasteiger partial charge in [0.05, 0.1) is 0 Å². The summed E-state index contributed by atoms with van der Waals surface area (Å²) in [5.74, 6) is -0.726. The van der Waals surface area contributed by atoms with Gasteiger partial charge in [0.15, 0.2) is 6.61 Å². The number of ether oxygens (including phenoxy) is 1. The van der Waals surface area contributed by atoms with Gasteiger partial charge in [0.25, 0.3) is 11.8 Å². The second kappa shape index (κ2) is 11.6. The molecule has 0 heterocycles. The van der Waals surface area contributed by atoms with Crippen LogP contribution in [0.15, 0.2) is 24.3 Å². The third-order valence-electron chi connectivity index (χ3n) is 3.79. The first kappa shape index (κ1) is 23.0. The van der Waals surface area contributed by atoms with E-state index in [4.69, 9.17) is 16.3 Å². The number of hydrogen-bond donors (Lipinski definition) is 2. The minimum atomic E-state index is -0.823. The fourth-order valence-corrected chi connectivity index (χ4v) is 2.44. The molecule has 0 aliphatic carbocycles. The molecule has 1 rings (SSSR count). The molecule has 0 aliphatic rings. The Morgan fingerprint density at radius 2 is 1.67 bits per heavy atom. The molecule has 2 amide bonds. The molecule has 0 saturated heterocycles. The SMILES string of the molecule is CC(C)CCNC(=O)COC(=O)C(CC(C)C)NC(=O)c1ccc(Cl)cc1. The largest absolute Gasteiger partial charge is 0.454 e. The quantitative estimate of drug-likeness (QED) is 0.595. The van der Waals surface area contributed by atoms with Crippen molar-refractivity contribution in [2.24, 2.45) is 11.8 Å². The maximum absolute atomic E-state index is 12.4. The molecule has 1 aromatic carbocycles. The van der Waals surface area contributed by atoms with E-state index in [0.717, 1.165) is 6.42 Å². The van der Waals surface area contributed by atoms with Gasteiger partial charge in [-0.1, -0.05) is 39.3 Å². The third-order valence-corrected chi connectivity index (χ3v) is 4.04. The van der Waals surface area contributed by atoms with Crippen LogP contribution in [0.25, 0.3) is 0 Å². The molecule has 0 saturated carbocycles. The molecule has 7 heteroatoms. The minimum absolute atomic E-state index is 0.160. The van der Waals surface area contributed by atoms with E-state index in [2.05, 4.69) is 24.5 Å². The fraction of sp³-hybridized carbons (Fsp3) is 0.550. The Kier molecular flexibility index (Phi) is 9.86. The molecule has 150 valence electrons. The Hall–Kier alpha value is -2.08. The Balaban J connectivity index is 2.59. The number of halogens is 1. The van der Waals surface area contributed by atoms with Gasteiger partial charge in [-0.15, -0.1) is 0 Å². The van der Waals surface area contributed by atoms with E-state index < -0.39 is 17.9 Å². The van der Waals surface area contributed by atoms with Crippen molar-refractivity contribution >= 4 is 29.4 Å². The molecule has 0 radical (unpaired) electrons. The highest BCUT2D eigenvalue weighted by molar-refractivity contribution is 6.30. The maximum Gasteiger partial charge on any atom is 0.329 e. The average Bonchev–Trinajstić information content (AvgIpc) is 2.58. The standard InChI is InChI=1S/C20H29ClN2O4/c1-13(2)9-10-22-18(24)12-27-20(26)17(11-14(3)4)23-19(25)15-5-7-16(21)8-6-15/h5-8,13-14,17H,9-12H2,1-4H3,(H,22,24)(H,23,25). The van der Waals surface area contributed by atoms with E-state index in [-0.39, 0.29) is 18.4 Å². The van der Waals surface area contributed by atoms with Gasteiger partial charge >= 0.3 is 5.97 Å². The van der Waals surface area contributed by atoms with Crippen LogP contribution in [0.2, 0.25) is 5.02 Å². The van der Waals surface area contributed by atoms with Gasteiger partial charge < -0.3 is 15.4 Å². The summed E-state index contributed by atoms with van der Waals surface area (Å²) in [5.41, 5.74) is 0.396. The Morgan fingerprint density at radius 1 is 1.04 bits per heavy atom. The minimum Gasteiger partial charge on any atom is -0.454 e. The molecule has 0 spiro atoms. The molecular formula is C20H29ClN2O4. The van der Waals surface area contributed by atoms with Crippen molar-refractivity contribution in [2.45, 2.75) is 46.6 Å². The van der Waals surface area contributed by atoms with Crippen LogP contribution in [-0.4, -0.2) is 37.0 Å². The molecule has 0 aliphatic heterocycles. The van der Waals surface area contributed by atoms with Gasteiger partial charge in [0.2, 0.25) is 0 Å². The maximum atomic E-state index is 12.4. The van der Waals surface area contributed by atoms with Gasteiger partial charge in [-0.3, -0.25) is 9.59 Å². The van der Waals surface area contributed by atoms with Crippen LogP contribution in [0.1, 0.15) is 50.9 Å². The lowest BCUT2D eigenvalue weighted by Crippen LogP contribution is -2.43. The number of hydrogen-bond acceptors (Lipinski definition) is 4. The van der Waals surface area contributed by atoms with E-state index >= 15 is 0 Å². The molecule has 0 bridgehead atoms. The van der Waals surface area contributed by atoms with E-state index in [1.165, 1.54) is 0 Å². The molecular weight excluding hydrogens is 368 g/mol. The highest BCUT2D eigenvalue weighted by atomic mass is 35.5. The van der Waals surface area contributed by atoms with Gasteiger partial charge in [0, 0.05) is 17.1 Å². The van der Waals surface area contributed by atoms with Crippen LogP contribution in [0.3, 0.4) is 0 Å². The molecule has 0 aromatic heterocycles. The number of rotatable bonds is 10. The third kappa shape index (κ3) is 9.43. The van der Waals surface area contributed by atoms with Crippen molar-refractivity contribution in [1.82, 2.24) is 10.6 Å². The predicted octanol–water partition coefficient (Wildman–Crippen LogP) is 3.19. The number of carbonyl (C=O) groups is 3. The van der Waals surface area contributed by atoms with Crippen molar-refractivity contribution in [3.05, 3.63) is 34.9 Å². The van der Waals surface area contributed by atoms with E-state index in [0.29, 0.717) is 29.5 Å². The molecule has 0 fully saturated rings. The smallest absolute Gasteiger partial charge is 0.329 e. The zero-order valence-corrected chi connectivity index (χ0v) is 17.1. The summed E-state index contributed by atoms with van der Waals surface area (Å²) < 4.78 is 5.09. The summed E-state index contributed by atoms with van der Waals surface area (Å²) in [6, 6.07) is 5.55. The van der Waals surface area contributed by atoms with Crippen LogP contribution >= 0.6 is 11.6 Å². The number of carbonyl (C=O) groups excluding carboxylic acids is 3. The van der Waals surface area contributed by atoms with E-state index in [1.54, 1.807) is 24.3 Å². The molecule has 27 heavy (non-hydrogen) atoms. The Morgan fingerprint density at radius 3 is 2.22 bits per heavy atom. The zero-order valence-electron chi connectivity index (χ0n) is 16.4. The Bertz CT molecular complexity index is 629. The first-order valence-electron chi connectivity index (χ1n) is 9.18. The lowest BCUT2D eigenvalue weighted by Gasteiger charge is -2.19. The van der Waals surface area contributed by atoms with Gasteiger partial charge in [-0.25, -0.2) is 4.79 Å². The van der Waals surface area contributed by atoms with Crippen LogP contribution in [-0.2, 0) is 14.3 Å². The van der Waals surface area contributed by atoms with Gasteiger partial charge in [-0.2, -0.15) is 0 Å². The molecule has 1 unspecified atom stereocenters. The van der Waals surface area contributed by atoms with Crippen molar-refractivity contribution in [2.75, 3.05) is 13.2 Å². The monoisotopic (exact) mass is 396 g/mol. The summed E-state index contributed by atoms with van der Waals surface area (Å²) in [7, 11) is 0. The molecule has 2 N–H and O–H groups in total. The van der Waals surface area contributed by atoms with Crippen LogP contribution in [0.5, 0.6) is 0 Å². The summed E-state index contributed by atoms with van der Waals surface area (Å²) in [6.45, 7) is 8.18. The highest BCUT2D eigenvalue weighted by Crippen LogP contribution is 2.11. The molecule has 6 nitrogen and oxygen atoms in total. The average molecular weight is 397 g/mol. The molecule has 1 aromatic rings. The number of benzene rings is 1. The lowest BCUT2D eigenvalue weighted by atomic mass is 10.0. The van der Waals surface area contributed by atoms with Gasteiger partial charge in [0.1, 0.15) is 6.04 Å². The summed E-state index contributed by atoms with van der Waals surface area (Å²) in [5, 5.41) is 5.90. The normalized spacial score (nSPS) is 12.0. The first-order valence-corrected chi connectivity index (χ1v) is 9.56. The van der Waals surface area contributed by atoms with Crippen molar-refractivity contribution < 1.29 is 19.1 Å². The second-order valence-corrected chi connectivity index (χ2v) is 7.74. The number of esters is 1. The summed E-state index contributed by atoms with van der Waals surface area (Å²) in [6.07, 6.45) is 1.26. The topological polar surface area (TPSA) is 84.5 Å². The van der Waals surface area contributed by atoms with E-state index in [9.17, 15) is 14.4 Å². The van der Waals surface area contributed by atoms with Crippen molar-refractivity contribution in [1.29, 1.82) is 0 Å². The van der Waals surface area contributed by atoms with Crippen molar-refractivity contribution in [3.63, 3.8) is 0 Å². The second-order valence-electron chi connectivity index (χ2n) is 7.30. The summed E-state index contributed by atoms with van der Waals surface area (Å²) in [4.78, 5) is 36.5. The highest BCUT2D eigenvalue weighted by Gasteiger charge is 2.24. The van der Waals surface area contributed by atoms with Crippen LogP contribution in [0, 0.1) is 11.8 Å². The first-order chi connectivity index (χ1) is 12.7. The lowest BCUT2D eigenvalue weighted by molar-refractivity contribution is -0.150. The summed E-state index contributed by atoms with van der Waals surface area (Å²) >= 11 is 5.82. The number of amides is 2. The molecule has 1 atom stereocenters. The van der Waals surface area contributed by atoms with Crippen molar-refractivity contribution in [3.8, 4) is 0 Å².